The van der Waals surface area contributed by atoms with Crippen LogP contribution in [0.5, 0.6) is 0 Å². The van der Waals surface area contributed by atoms with Crippen molar-refractivity contribution in [3.05, 3.63) is 204 Å². The lowest BCUT2D eigenvalue weighted by Crippen LogP contribution is -2.17. The lowest BCUT2D eigenvalue weighted by Gasteiger charge is -2.31. The highest BCUT2D eigenvalue weighted by molar-refractivity contribution is 6.16. The van der Waals surface area contributed by atoms with Crippen LogP contribution in [-0.4, -0.2) is 4.57 Å². The minimum atomic E-state index is -0.120. The van der Waals surface area contributed by atoms with Gasteiger partial charge in [0, 0.05) is 44.1 Å². The van der Waals surface area contributed by atoms with Gasteiger partial charge in [0.15, 0.2) is 0 Å². The lowest BCUT2D eigenvalue weighted by atomic mass is 9.82. The zero-order valence-electron chi connectivity index (χ0n) is 32.2. The van der Waals surface area contributed by atoms with E-state index in [-0.39, 0.29) is 10.8 Å². The Balaban J connectivity index is 1.20. The number of para-hydroxylation sites is 2. The maximum atomic E-state index is 2.56. The predicted molar refractivity (Wildman–Crippen MR) is 236 cm³/mol. The molecule has 1 heterocycles. The number of nitrogens with zero attached hydrogens (tertiary/aromatic N) is 2. The number of benzene rings is 8. The first kappa shape index (κ1) is 32.8. The number of anilines is 3. The van der Waals surface area contributed by atoms with Crippen molar-refractivity contribution in [1.82, 2.24) is 4.57 Å². The Hall–Kier alpha value is -6.64. The number of rotatable bonds is 5. The molecule has 56 heavy (non-hydrogen) atoms. The fourth-order valence-corrected chi connectivity index (χ4v) is 10.2. The van der Waals surface area contributed by atoms with E-state index >= 15 is 0 Å². The molecule has 0 unspecified atom stereocenters. The van der Waals surface area contributed by atoms with Crippen LogP contribution in [0.15, 0.2) is 182 Å². The molecule has 9 aromatic rings. The first-order valence-corrected chi connectivity index (χ1v) is 19.8. The summed E-state index contributed by atoms with van der Waals surface area (Å²) in [6, 6.07) is 67.5. The van der Waals surface area contributed by atoms with E-state index in [1.165, 1.54) is 88.8 Å². The zero-order valence-corrected chi connectivity index (χ0v) is 32.2. The van der Waals surface area contributed by atoms with E-state index in [1.54, 1.807) is 0 Å². The van der Waals surface area contributed by atoms with Gasteiger partial charge in [-0.15, -0.1) is 0 Å². The molecule has 11 rings (SSSR count). The second-order valence-electron chi connectivity index (χ2n) is 16.5. The van der Waals surface area contributed by atoms with Gasteiger partial charge in [0.2, 0.25) is 0 Å². The van der Waals surface area contributed by atoms with Crippen molar-refractivity contribution in [2.45, 2.75) is 38.5 Å². The average Bonchev–Trinajstić information content (AvgIpc) is 3.79. The van der Waals surface area contributed by atoms with Crippen LogP contribution < -0.4 is 4.90 Å². The third-order valence-electron chi connectivity index (χ3n) is 12.8. The summed E-state index contributed by atoms with van der Waals surface area (Å²) >= 11 is 0. The van der Waals surface area contributed by atoms with Crippen molar-refractivity contribution in [1.29, 1.82) is 0 Å². The Morgan fingerprint density at radius 3 is 1.57 bits per heavy atom. The summed E-state index contributed by atoms with van der Waals surface area (Å²) in [6.07, 6.45) is 0. The van der Waals surface area contributed by atoms with Gasteiger partial charge in [0.25, 0.3) is 0 Å². The molecule has 1 aromatic heterocycles. The fraction of sp³-hybridized carbons (Fsp3) is 0.111. The zero-order chi connectivity index (χ0) is 37.8. The van der Waals surface area contributed by atoms with Gasteiger partial charge >= 0.3 is 0 Å². The molecule has 0 saturated heterocycles. The van der Waals surface area contributed by atoms with Crippen molar-refractivity contribution in [2.75, 3.05) is 4.90 Å². The molecule has 0 saturated carbocycles. The van der Waals surface area contributed by atoms with Crippen LogP contribution in [0, 0.1) is 0 Å². The molecule has 2 heteroatoms. The van der Waals surface area contributed by atoms with E-state index in [1.807, 2.05) is 0 Å². The van der Waals surface area contributed by atoms with E-state index in [2.05, 4.69) is 219 Å². The van der Waals surface area contributed by atoms with E-state index in [0.717, 1.165) is 11.4 Å². The standard InChI is InChI=1S/C54H42N2/c1-53(2)42-26-11-8-22-39(42)51-44(53)28-16-32-48(51)56(49-33-17-29-45-52(49)40-23-9-12-27-43(40)54(45,3)4)37-21-14-18-35(34-37)38-25-15-31-47-50(38)41-24-10-13-30-46(41)55(47)36-19-6-5-7-20-36/h5-34H,1-4H3. The smallest absolute Gasteiger partial charge is 0.0547 e. The Labute approximate surface area is 328 Å². The molecule has 2 nitrogen and oxygen atoms in total. The minimum absolute atomic E-state index is 0.120. The molecule has 0 amide bonds. The molecule has 0 bridgehead atoms. The summed E-state index contributed by atoms with van der Waals surface area (Å²) in [5.41, 5.74) is 20.0. The van der Waals surface area contributed by atoms with Crippen LogP contribution in [-0.2, 0) is 10.8 Å². The highest BCUT2D eigenvalue weighted by Gasteiger charge is 2.40. The largest absolute Gasteiger partial charge is 0.309 e. The minimum Gasteiger partial charge on any atom is -0.309 e. The fourth-order valence-electron chi connectivity index (χ4n) is 10.2. The maximum absolute atomic E-state index is 2.56. The summed E-state index contributed by atoms with van der Waals surface area (Å²) in [5, 5.41) is 2.52. The number of hydrogen-bond donors (Lipinski definition) is 0. The second-order valence-corrected chi connectivity index (χ2v) is 16.5. The molecule has 0 radical (unpaired) electrons. The highest BCUT2D eigenvalue weighted by Crippen LogP contribution is 2.58. The topological polar surface area (TPSA) is 8.17 Å². The van der Waals surface area contributed by atoms with Gasteiger partial charge in [0.05, 0.1) is 22.4 Å². The Morgan fingerprint density at radius 1 is 0.411 bits per heavy atom. The van der Waals surface area contributed by atoms with Crippen LogP contribution in [0.2, 0.25) is 0 Å². The van der Waals surface area contributed by atoms with E-state index in [0.29, 0.717) is 0 Å². The Kier molecular flexibility index (Phi) is 6.98. The van der Waals surface area contributed by atoms with Gasteiger partial charge in [-0.05, 0) is 93.0 Å². The Morgan fingerprint density at radius 2 is 0.911 bits per heavy atom. The average molecular weight is 719 g/mol. The van der Waals surface area contributed by atoms with Gasteiger partial charge in [-0.25, -0.2) is 0 Å². The van der Waals surface area contributed by atoms with Crippen molar-refractivity contribution >= 4 is 38.9 Å². The summed E-state index contributed by atoms with van der Waals surface area (Å²) in [7, 11) is 0. The van der Waals surface area contributed by atoms with Crippen molar-refractivity contribution in [3.63, 3.8) is 0 Å². The van der Waals surface area contributed by atoms with Crippen LogP contribution in [0.1, 0.15) is 49.9 Å². The molecule has 2 aliphatic rings. The molecule has 0 atom stereocenters. The van der Waals surface area contributed by atoms with Crippen LogP contribution in [0.3, 0.4) is 0 Å². The van der Waals surface area contributed by atoms with Crippen LogP contribution in [0.25, 0.3) is 60.9 Å². The molecule has 268 valence electrons. The molecule has 0 fully saturated rings. The Bertz CT molecular complexity index is 2930. The van der Waals surface area contributed by atoms with Gasteiger partial charge in [0.1, 0.15) is 0 Å². The molecule has 0 aliphatic heterocycles. The molecule has 0 N–H and O–H groups in total. The predicted octanol–water partition coefficient (Wildman–Crippen LogP) is 14.5. The highest BCUT2D eigenvalue weighted by atomic mass is 15.1. The lowest BCUT2D eigenvalue weighted by molar-refractivity contribution is 0.660. The number of hydrogen-bond acceptors (Lipinski definition) is 1. The third-order valence-corrected chi connectivity index (χ3v) is 12.8. The van der Waals surface area contributed by atoms with Crippen LogP contribution >= 0.6 is 0 Å². The first-order chi connectivity index (χ1) is 27.3. The number of fused-ring (bicyclic) bond motifs is 9. The van der Waals surface area contributed by atoms with E-state index in [4.69, 9.17) is 0 Å². The SMILES string of the molecule is CC1(C)c2ccccc2-c2c(N(c3cccc(-c4cccc5c4c4ccccc4n5-c4ccccc4)c3)c3cccc4c3-c3ccccc3C4(C)C)cccc21. The first-order valence-electron chi connectivity index (χ1n) is 19.8. The molecule has 2 aliphatic carbocycles. The van der Waals surface area contributed by atoms with Crippen LogP contribution in [0.4, 0.5) is 17.1 Å². The second kappa shape index (κ2) is 11.9. The summed E-state index contributed by atoms with van der Waals surface area (Å²) in [5.74, 6) is 0. The monoisotopic (exact) mass is 718 g/mol. The van der Waals surface area contributed by atoms with E-state index in [9.17, 15) is 0 Å². The van der Waals surface area contributed by atoms with Gasteiger partial charge in [-0.3, -0.25) is 0 Å². The van der Waals surface area contributed by atoms with Crippen molar-refractivity contribution in [2.24, 2.45) is 0 Å². The molecular weight excluding hydrogens is 677 g/mol. The molecular formula is C54H42N2. The molecule has 8 aromatic carbocycles. The van der Waals surface area contributed by atoms with Gasteiger partial charge in [-0.2, -0.15) is 0 Å². The normalized spacial score (nSPS) is 14.4. The summed E-state index contributed by atoms with van der Waals surface area (Å²) in [4.78, 5) is 2.56. The number of aromatic nitrogens is 1. The summed E-state index contributed by atoms with van der Waals surface area (Å²) < 4.78 is 2.41. The van der Waals surface area contributed by atoms with Gasteiger partial charge in [-0.1, -0.05) is 161 Å². The van der Waals surface area contributed by atoms with Crippen molar-refractivity contribution < 1.29 is 0 Å². The summed E-state index contributed by atoms with van der Waals surface area (Å²) in [6.45, 7) is 9.49. The van der Waals surface area contributed by atoms with E-state index < -0.39 is 0 Å². The van der Waals surface area contributed by atoms with Crippen molar-refractivity contribution in [3.8, 4) is 39.1 Å². The third kappa shape index (κ3) is 4.50. The maximum Gasteiger partial charge on any atom is 0.0547 e. The quantitative estimate of drug-likeness (QED) is 0.172. The van der Waals surface area contributed by atoms with Gasteiger partial charge < -0.3 is 9.47 Å². The molecule has 0 spiro atoms.